The van der Waals surface area contributed by atoms with Crippen molar-refractivity contribution in [3.8, 4) is 28.5 Å². The molecule has 192 valence electrons. The summed E-state index contributed by atoms with van der Waals surface area (Å²) >= 11 is 0. The van der Waals surface area contributed by atoms with Crippen molar-refractivity contribution < 1.29 is 24.5 Å². The number of aromatic hydroxyl groups is 1. The van der Waals surface area contributed by atoms with E-state index in [9.17, 15) is 15.0 Å². The lowest BCUT2D eigenvalue weighted by atomic mass is 9.93. The Bertz CT molecular complexity index is 1210. The van der Waals surface area contributed by atoms with E-state index < -0.39 is 6.04 Å². The zero-order chi connectivity index (χ0) is 25.8. The highest BCUT2D eigenvalue weighted by Crippen LogP contribution is 2.46. The number of β-amino-alcohol motifs (C(OH)–C–C–N with tert-alkyl or cyclic N) is 1. The first kappa shape index (κ1) is 25.6. The second-order valence-corrected chi connectivity index (χ2v) is 9.16. The van der Waals surface area contributed by atoms with Crippen LogP contribution in [0.4, 0.5) is 0 Å². The number of H-pyrrole nitrogens is 1. The number of aromatic amines is 1. The number of hydrogen-bond donors (Lipinski definition) is 3. The van der Waals surface area contributed by atoms with Crippen LogP contribution in [0.2, 0.25) is 0 Å². The predicted molar refractivity (Wildman–Crippen MR) is 138 cm³/mol. The van der Waals surface area contributed by atoms with Crippen molar-refractivity contribution in [2.24, 2.45) is 0 Å². The highest BCUT2D eigenvalue weighted by Gasteiger charge is 2.42. The summed E-state index contributed by atoms with van der Waals surface area (Å²) in [5.74, 6) is 1.13. The number of amides is 1. The number of rotatable bonds is 11. The van der Waals surface area contributed by atoms with Gasteiger partial charge in [0.05, 0.1) is 25.9 Å². The van der Waals surface area contributed by atoms with Crippen LogP contribution < -0.4 is 9.47 Å². The van der Waals surface area contributed by atoms with E-state index in [-0.39, 0.29) is 24.8 Å². The van der Waals surface area contributed by atoms with E-state index in [0.29, 0.717) is 47.2 Å². The maximum Gasteiger partial charge on any atom is 0.273 e. The molecular formula is C28H35N3O5. The molecule has 1 aliphatic heterocycles. The summed E-state index contributed by atoms with van der Waals surface area (Å²) in [4.78, 5) is 15.0. The molecule has 2 heterocycles. The average Bonchev–Trinajstić information content (AvgIpc) is 3.37. The number of aliphatic hydroxyl groups is 1. The molecule has 8 nitrogen and oxygen atoms in total. The Balaban J connectivity index is 1.81. The van der Waals surface area contributed by atoms with E-state index in [2.05, 4.69) is 17.1 Å². The first-order valence-electron chi connectivity index (χ1n) is 12.6. The third kappa shape index (κ3) is 4.78. The van der Waals surface area contributed by atoms with Crippen molar-refractivity contribution in [3.63, 3.8) is 0 Å². The predicted octanol–water partition coefficient (Wildman–Crippen LogP) is 4.90. The van der Waals surface area contributed by atoms with Gasteiger partial charge in [-0.3, -0.25) is 9.89 Å². The molecule has 1 aromatic heterocycles. The van der Waals surface area contributed by atoms with Crippen LogP contribution in [-0.2, 0) is 0 Å². The Morgan fingerprint density at radius 3 is 2.58 bits per heavy atom. The molecule has 8 heteroatoms. The van der Waals surface area contributed by atoms with Crippen LogP contribution in [0.25, 0.3) is 11.3 Å². The number of hydrogen-bond acceptors (Lipinski definition) is 6. The van der Waals surface area contributed by atoms with Gasteiger partial charge in [0.2, 0.25) is 0 Å². The van der Waals surface area contributed by atoms with Gasteiger partial charge in [0, 0.05) is 17.7 Å². The summed E-state index contributed by atoms with van der Waals surface area (Å²) in [5, 5.41) is 27.9. The second-order valence-electron chi connectivity index (χ2n) is 9.16. The summed E-state index contributed by atoms with van der Waals surface area (Å²) in [6.07, 6.45) is 3.18. The number of phenols is 1. The van der Waals surface area contributed by atoms with Gasteiger partial charge in [-0.1, -0.05) is 31.9 Å². The van der Waals surface area contributed by atoms with Crippen molar-refractivity contribution in [2.75, 3.05) is 26.4 Å². The average molecular weight is 494 g/mol. The molecular weight excluding hydrogens is 458 g/mol. The highest BCUT2D eigenvalue weighted by molar-refractivity contribution is 6.00. The zero-order valence-electron chi connectivity index (χ0n) is 21.4. The Kier molecular flexibility index (Phi) is 7.84. The second kappa shape index (κ2) is 11.0. The van der Waals surface area contributed by atoms with Gasteiger partial charge in [-0.25, -0.2) is 0 Å². The molecule has 4 rings (SSSR count). The number of aromatic nitrogens is 2. The molecule has 1 aliphatic rings. The number of carbonyl (C=O) groups excluding carboxylic acids is 1. The van der Waals surface area contributed by atoms with Crippen LogP contribution in [0.1, 0.15) is 71.9 Å². The number of ether oxygens (including phenoxy) is 2. The molecule has 0 aliphatic carbocycles. The number of unbranched alkanes of at least 4 members (excludes halogenated alkanes) is 2. The maximum absolute atomic E-state index is 13.3. The number of nitrogens with zero attached hydrogens (tertiary/aromatic N) is 2. The summed E-state index contributed by atoms with van der Waals surface area (Å²) < 4.78 is 11.9. The minimum atomic E-state index is -0.512. The molecule has 0 radical (unpaired) electrons. The molecule has 3 N–H and O–H groups in total. The van der Waals surface area contributed by atoms with E-state index in [4.69, 9.17) is 9.47 Å². The van der Waals surface area contributed by atoms with Gasteiger partial charge < -0.3 is 24.6 Å². The minimum absolute atomic E-state index is 0.111. The van der Waals surface area contributed by atoms with Crippen LogP contribution in [0.15, 0.2) is 30.3 Å². The van der Waals surface area contributed by atoms with Gasteiger partial charge in [0.25, 0.3) is 5.91 Å². The first-order chi connectivity index (χ1) is 17.4. The number of phenolic OH excluding ortho intramolecular Hbond substituents is 1. The monoisotopic (exact) mass is 493 g/mol. The van der Waals surface area contributed by atoms with Gasteiger partial charge in [-0.05, 0) is 62.1 Å². The van der Waals surface area contributed by atoms with Gasteiger partial charge in [0.1, 0.15) is 17.1 Å². The number of nitrogens with one attached hydrogen (secondary N) is 1. The highest BCUT2D eigenvalue weighted by atomic mass is 16.5. The van der Waals surface area contributed by atoms with Crippen LogP contribution in [-0.4, -0.2) is 57.6 Å². The summed E-state index contributed by atoms with van der Waals surface area (Å²) in [5.41, 5.74) is 4.76. The molecule has 0 fully saturated rings. The fourth-order valence-corrected chi connectivity index (χ4v) is 4.94. The number of carbonyl (C=O) groups is 1. The fourth-order valence-electron chi connectivity index (χ4n) is 4.94. The van der Waals surface area contributed by atoms with E-state index in [0.717, 1.165) is 36.0 Å². The lowest BCUT2D eigenvalue weighted by molar-refractivity contribution is 0.0706. The molecule has 0 spiro atoms. The fraction of sp³-hybridized carbons (Fsp3) is 0.429. The Morgan fingerprint density at radius 1 is 1.08 bits per heavy atom. The molecule has 1 unspecified atom stereocenters. The van der Waals surface area contributed by atoms with Gasteiger partial charge in [-0.2, -0.15) is 5.10 Å². The minimum Gasteiger partial charge on any atom is -0.507 e. The molecule has 3 aromatic rings. The Hall–Kier alpha value is -3.52. The number of aliphatic hydroxyl groups excluding tert-OH is 1. The van der Waals surface area contributed by atoms with Crippen LogP contribution in [0.3, 0.4) is 0 Å². The van der Waals surface area contributed by atoms with Gasteiger partial charge in [-0.15, -0.1) is 0 Å². The molecule has 0 saturated heterocycles. The quantitative estimate of drug-likeness (QED) is 0.328. The third-order valence-electron chi connectivity index (χ3n) is 6.49. The largest absolute Gasteiger partial charge is 0.507 e. The summed E-state index contributed by atoms with van der Waals surface area (Å²) in [6, 6.07) is 8.86. The van der Waals surface area contributed by atoms with Crippen LogP contribution in [0, 0.1) is 13.8 Å². The van der Waals surface area contributed by atoms with Crippen LogP contribution >= 0.6 is 0 Å². The number of benzene rings is 2. The third-order valence-corrected chi connectivity index (χ3v) is 6.49. The normalized spacial score (nSPS) is 14.9. The smallest absolute Gasteiger partial charge is 0.273 e. The summed E-state index contributed by atoms with van der Waals surface area (Å²) in [6.45, 7) is 8.95. The zero-order valence-corrected chi connectivity index (χ0v) is 21.4. The molecule has 1 amide bonds. The van der Waals surface area contributed by atoms with E-state index >= 15 is 0 Å². The van der Waals surface area contributed by atoms with Crippen LogP contribution in [0.5, 0.6) is 17.2 Å². The molecule has 0 saturated carbocycles. The van der Waals surface area contributed by atoms with Gasteiger partial charge >= 0.3 is 0 Å². The lowest BCUT2D eigenvalue weighted by Crippen LogP contribution is -2.32. The maximum atomic E-state index is 13.3. The summed E-state index contributed by atoms with van der Waals surface area (Å²) in [7, 11) is 0. The first-order valence-corrected chi connectivity index (χ1v) is 12.6. The standard InChI is InChI=1S/C28H35N3O5/c1-5-7-8-13-36-21-10-9-19(16-22(21)35-6-2)27-24-25(23-18(4)14-17(3)15-20(23)33)29-30-26(24)28(34)31(27)11-12-32/h9-10,14-16,27,32-33H,5-8,11-13H2,1-4H3,(H,29,30). The number of fused-ring (bicyclic) bond motifs is 1. The topological polar surface area (TPSA) is 108 Å². The Morgan fingerprint density at radius 2 is 1.89 bits per heavy atom. The van der Waals surface area contributed by atoms with E-state index in [1.165, 1.54) is 0 Å². The van der Waals surface area contributed by atoms with E-state index in [1.54, 1.807) is 11.0 Å². The molecule has 0 bridgehead atoms. The molecule has 36 heavy (non-hydrogen) atoms. The van der Waals surface area contributed by atoms with Crippen molar-refractivity contribution in [3.05, 3.63) is 58.3 Å². The van der Waals surface area contributed by atoms with Gasteiger partial charge in [0.15, 0.2) is 11.5 Å². The number of aryl methyl sites for hydroxylation is 2. The molecule has 1 atom stereocenters. The van der Waals surface area contributed by atoms with E-state index in [1.807, 2.05) is 45.0 Å². The van der Waals surface area contributed by atoms with Crippen molar-refractivity contribution in [2.45, 2.75) is 53.0 Å². The lowest BCUT2D eigenvalue weighted by Gasteiger charge is -2.26. The van der Waals surface area contributed by atoms with Crippen molar-refractivity contribution in [1.29, 1.82) is 0 Å². The van der Waals surface area contributed by atoms with Crippen molar-refractivity contribution in [1.82, 2.24) is 15.1 Å². The molecule has 2 aromatic carbocycles. The SMILES string of the molecule is CCCCCOc1ccc(C2c3c(-c4c(C)cc(C)cc4O)n[nH]c3C(=O)N2CCO)cc1OCC. The van der Waals surface area contributed by atoms with Crippen molar-refractivity contribution >= 4 is 5.91 Å². The Labute approximate surface area is 211 Å².